The molecular weight excluding hydrogens is 322 g/mol. The van der Waals surface area contributed by atoms with Gasteiger partial charge >= 0.3 is 0 Å². The summed E-state index contributed by atoms with van der Waals surface area (Å²) in [6.07, 6.45) is 23.5. The van der Waals surface area contributed by atoms with E-state index in [9.17, 15) is 0 Å². The molecule has 0 radical (unpaired) electrons. The Hall–Kier alpha value is -0.640. The van der Waals surface area contributed by atoms with Crippen LogP contribution in [0.4, 0.5) is 0 Å². The number of hydrogen-bond donors (Lipinski definition) is 3. The van der Waals surface area contributed by atoms with Crippen molar-refractivity contribution in [1.82, 2.24) is 0 Å². The number of hydrogen-bond acceptors (Lipinski definition) is 3. The van der Waals surface area contributed by atoms with Crippen LogP contribution in [0.15, 0.2) is 23.8 Å². The molecule has 158 valence electrons. The van der Waals surface area contributed by atoms with Crippen molar-refractivity contribution in [2.45, 2.75) is 97.8 Å². The van der Waals surface area contributed by atoms with Gasteiger partial charge in [0.2, 0.25) is 0 Å². The van der Waals surface area contributed by atoms with Gasteiger partial charge in [-0.25, -0.2) is 0 Å². The highest BCUT2D eigenvalue weighted by Crippen LogP contribution is 2.25. The second-order valence-corrected chi connectivity index (χ2v) is 6.89. The van der Waals surface area contributed by atoms with Gasteiger partial charge in [0.25, 0.3) is 0 Å². The Bertz CT molecular complexity index is 278. The van der Waals surface area contributed by atoms with E-state index < -0.39 is 0 Å². The number of unbranched alkanes of at least 4 members (excludes halogenated alkanes) is 6. The first-order valence-electron chi connectivity index (χ1n) is 10.6. The minimum absolute atomic E-state index is 0.830. The maximum absolute atomic E-state index is 7.00. The van der Waals surface area contributed by atoms with Gasteiger partial charge in [-0.2, -0.15) is 0 Å². The Morgan fingerprint density at radius 3 is 1.96 bits per heavy atom. The van der Waals surface area contributed by atoms with E-state index in [0.29, 0.717) is 0 Å². The summed E-state index contributed by atoms with van der Waals surface area (Å²) in [7, 11) is 2.00. The van der Waals surface area contributed by atoms with Gasteiger partial charge in [0.05, 0.1) is 0 Å². The third-order valence-corrected chi connectivity index (χ3v) is 4.24. The molecule has 0 heterocycles. The molecule has 3 heteroatoms. The van der Waals surface area contributed by atoms with Gasteiger partial charge in [-0.3, -0.25) is 0 Å². The lowest BCUT2D eigenvalue weighted by molar-refractivity contribution is 0.399. The number of rotatable bonds is 10. The van der Waals surface area contributed by atoms with Gasteiger partial charge in [-0.05, 0) is 71.3 Å². The molecule has 0 aliphatic heterocycles. The van der Waals surface area contributed by atoms with E-state index in [2.05, 4.69) is 39.0 Å². The minimum atomic E-state index is 0.830. The zero-order valence-electron chi connectivity index (χ0n) is 18.5. The highest BCUT2D eigenvalue weighted by molar-refractivity contribution is 4.92. The van der Waals surface area contributed by atoms with Crippen molar-refractivity contribution in [3.8, 4) is 0 Å². The molecule has 3 nitrogen and oxygen atoms in total. The Morgan fingerprint density at radius 1 is 0.885 bits per heavy atom. The summed E-state index contributed by atoms with van der Waals surface area (Å²) in [4.78, 5) is 0. The van der Waals surface area contributed by atoms with E-state index in [1.165, 1.54) is 76.2 Å². The van der Waals surface area contributed by atoms with Crippen LogP contribution in [-0.4, -0.2) is 31.0 Å². The van der Waals surface area contributed by atoms with Crippen molar-refractivity contribution in [2.24, 2.45) is 11.7 Å². The normalized spacial score (nSPS) is 13.1. The van der Waals surface area contributed by atoms with Crippen molar-refractivity contribution in [2.75, 3.05) is 20.8 Å². The maximum atomic E-state index is 7.00. The molecule has 0 amide bonds. The molecule has 0 aromatic heterocycles. The van der Waals surface area contributed by atoms with E-state index in [0.717, 1.165) is 33.1 Å². The summed E-state index contributed by atoms with van der Waals surface area (Å²) in [6.45, 7) is 7.36. The van der Waals surface area contributed by atoms with Crippen LogP contribution in [0.5, 0.6) is 0 Å². The summed E-state index contributed by atoms with van der Waals surface area (Å²) in [5, 5.41) is 14.0. The molecule has 1 aliphatic rings. The summed E-state index contributed by atoms with van der Waals surface area (Å²) in [5.74, 6) is 0.936. The van der Waals surface area contributed by atoms with Gasteiger partial charge in [-0.15, -0.1) is 0 Å². The highest BCUT2D eigenvalue weighted by Gasteiger charge is 2.10. The summed E-state index contributed by atoms with van der Waals surface area (Å²) in [6, 6.07) is 0. The summed E-state index contributed by atoms with van der Waals surface area (Å²) < 4.78 is 0. The number of aliphatic hydroxyl groups is 2. The maximum Gasteiger partial charge on any atom is 0.0319 e. The smallest absolute Gasteiger partial charge is 0.0319 e. The van der Waals surface area contributed by atoms with E-state index in [1.54, 1.807) is 0 Å². The summed E-state index contributed by atoms with van der Waals surface area (Å²) >= 11 is 0. The van der Waals surface area contributed by atoms with Crippen LogP contribution in [0, 0.1) is 5.92 Å². The molecule has 26 heavy (non-hydrogen) atoms. The molecule has 0 aromatic rings. The van der Waals surface area contributed by atoms with Crippen LogP contribution in [0.1, 0.15) is 97.8 Å². The van der Waals surface area contributed by atoms with Gasteiger partial charge in [0.1, 0.15) is 0 Å². The Kier molecular flexibility index (Phi) is 33.7. The van der Waals surface area contributed by atoms with Crippen molar-refractivity contribution in [1.29, 1.82) is 0 Å². The molecule has 1 saturated carbocycles. The average Bonchev–Trinajstić information content (AvgIpc) is 3.19. The summed E-state index contributed by atoms with van der Waals surface area (Å²) in [5.41, 5.74) is 6.73. The highest BCUT2D eigenvalue weighted by atomic mass is 16.2. The third-order valence-electron chi connectivity index (χ3n) is 4.24. The fourth-order valence-corrected chi connectivity index (χ4v) is 2.81. The molecule has 0 spiro atoms. The lowest BCUT2D eigenvalue weighted by Gasteiger charge is -1.99. The molecule has 0 atom stereocenters. The van der Waals surface area contributed by atoms with E-state index in [1.807, 2.05) is 0 Å². The van der Waals surface area contributed by atoms with E-state index in [4.69, 9.17) is 15.9 Å². The fourth-order valence-electron chi connectivity index (χ4n) is 2.81. The monoisotopic (exact) mass is 371 g/mol. The quantitative estimate of drug-likeness (QED) is 0.326. The lowest BCUT2D eigenvalue weighted by atomic mass is 10.1. The first kappa shape index (κ1) is 30.1. The molecular formula is C23H49NO2. The van der Waals surface area contributed by atoms with Crippen molar-refractivity contribution in [3.05, 3.63) is 23.8 Å². The van der Waals surface area contributed by atoms with Crippen LogP contribution >= 0.6 is 0 Å². The van der Waals surface area contributed by atoms with Gasteiger partial charge < -0.3 is 15.9 Å². The first-order chi connectivity index (χ1) is 12.7. The zero-order chi connectivity index (χ0) is 20.5. The van der Waals surface area contributed by atoms with Crippen molar-refractivity contribution >= 4 is 0 Å². The standard InChI is InChI=1S/C13H24.C8H17N.2CH4O/c1-2-3-4-5-6-7-10-13-11-8-9-12-13;1-8(2)6-4-3-5-7-9;2*1-2/h7,10,13H,2-6,8-9,11-12H2,1H3;6H,3-5,7,9H2,1-2H3;2*2H,1H3/b10-7+;;;. The molecule has 0 bridgehead atoms. The van der Waals surface area contributed by atoms with E-state index in [-0.39, 0.29) is 0 Å². The number of allylic oxidation sites excluding steroid dienone is 4. The third kappa shape index (κ3) is 28.2. The second-order valence-electron chi connectivity index (χ2n) is 6.89. The van der Waals surface area contributed by atoms with Crippen LogP contribution < -0.4 is 5.73 Å². The Balaban J connectivity index is -0.000000357. The molecule has 0 saturated heterocycles. The molecule has 1 aliphatic carbocycles. The van der Waals surface area contributed by atoms with Crippen LogP contribution in [0.3, 0.4) is 0 Å². The topological polar surface area (TPSA) is 66.5 Å². The first-order valence-corrected chi connectivity index (χ1v) is 10.6. The fraction of sp³-hybridized carbons (Fsp3) is 0.826. The molecule has 0 unspecified atom stereocenters. The second kappa shape index (κ2) is 29.1. The molecule has 1 fully saturated rings. The van der Waals surface area contributed by atoms with Crippen LogP contribution in [-0.2, 0) is 0 Å². The Labute approximate surface area is 164 Å². The van der Waals surface area contributed by atoms with Crippen molar-refractivity contribution in [3.63, 3.8) is 0 Å². The SMILES string of the molecule is CC(C)=CCCCCN.CCCCCC/C=C/C1CCCC1.CO.CO. The van der Waals surface area contributed by atoms with Gasteiger partial charge in [0.15, 0.2) is 0 Å². The van der Waals surface area contributed by atoms with E-state index >= 15 is 0 Å². The minimum Gasteiger partial charge on any atom is -0.400 e. The van der Waals surface area contributed by atoms with Crippen LogP contribution in [0.25, 0.3) is 0 Å². The predicted octanol–water partition coefficient (Wildman–Crippen LogP) is 6.00. The Morgan fingerprint density at radius 2 is 1.46 bits per heavy atom. The molecule has 1 rings (SSSR count). The average molecular weight is 372 g/mol. The lowest BCUT2D eigenvalue weighted by Crippen LogP contribution is -1.96. The predicted molar refractivity (Wildman–Crippen MR) is 118 cm³/mol. The van der Waals surface area contributed by atoms with Crippen LogP contribution in [0.2, 0.25) is 0 Å². The molecule has 0 aromatic carbocycles. The number of aliphatic hydroxyl groups excluding tert-OH is 2. The largest absolute Gasteiger partial charge is 0.400 e. The van der Waals surface area contributed by atoms with Gasteiger partial charge in [-0.1, -0.05) is 62.8 Å². The van der Waals surface area contributed by atoms with Crippen molar-refractivity contribution < 1.29 is 10.2 Å². The van der Waals surface area contributed by atoms with Gasteiger partial charge in [0, 0.05) is 14.2 Å². The molecule has 4 N–H and O–H groups in total. The zero-order valence-corrected chi connectivity index (χ0v) is 18.5. The number of nitrogens with two attached hydrogens (primary N) is 1.